The Morgan fingerprint density at radius 2 is 1.00 bits per heavy atom. The van der Waals surface area contributed by atoms with Crippen molar-refractivity contribution in [3.63, 3.8) is 0 Å². The summed E-state index contributed by atoms with van der Waals surface area (Å²) in [5, 5.41) is 26.0. The maximum atomic E-state index is 10.4. The van der Waals surface area contributed by atoms with Gasteiger partial charge in [-0.1, -0.05) is 6.92 Å². The molecule has 116 valence electrons. The first-order valence-electron chi connectivity index (χ1n) is 4.10. The molecule has 0 spiro atoms. The molecule has 0 heterocycles. The quantitative estimate of drug-likeness (QED) is 0.331. The second-order valence-electron chi connectivity index (χ2n) is 2.63. The number of carboxylic acid groups (broad SMARTS) is 4. The summed E-state index contributed by atoms with van der Waals surface area (Å²) < 4.78 is 20.8. The van der Waals surface area contributed by atoms with Gasteiger partial charge in [-0.3, -0.25) is 9.13 Å². The van der Waals surface area contributed by atoms with Crippen LogP contribution in [0.5, 0.6) is 0 Å². The van der Waals surface area contributed by atoms with E-state index in [1.165, 1.54) is 6.92 Å². The third-order valence-electron chi connectivity index (χ3n) is 1.14. The van der Waals surface area contributed by atoms with Crippen LogP contribution in [-0.2, 0) is 9.13 Å². The molecule has 0 bridgehead atoms. The van der Waals surface area contributed by atoms with Crippen LogP contribution >= 0.6 is 15.2 Å². The van der Waals surface area contributed by atoms with Gasteiger partial charge in [0.15, 0.2) is 5.40 Å². The zero-order chi connectivity index (χ0) is 16.4. The van der Waals surface area contributed by atoms with E-state index in [2.05, 4.69) is 0 Å². The minimum Gasteiger partial charge on any atom is -0.450 e. The van der Waals surface area contributed by atoms with Crippen molar-refractivity contribution in [2.45, 2.75) is 18.7 Å². The van der Waals surface area contributed by atoms with Crippen molar-refractivity contribution in [3.8, 4) is 0 Å². The predicted octanol–water partition coefficient (Wildman–Crippen LogP) is 0.523. The molecule has 0 aromatic heterocycles. The minimum absolute atomic E-state index is 0.242. The highest BCUT2D eigenvalue weighted by Crippen LogP contribution is 2.61. The highest BCUT2D eigenvalue weighted by atomic mass is 31.2. The molecule has 0 aromatic carbocycles. The first kappa shape index (κ1) is 23.0. The van der Waals surface area contributed by atoms with Crippen LogP contribution in [0.15, 0.2) is 0 Å². The standard InChI is InChI=1S/C3H10O6P2.2CH2O3/c1-2-3(10(4,5)6)11(7,8)9;2*2-1(3)4/h3H,2H2,1H3,(H2,4,5,6)(H2,7,8,9);2*(H2,2,3,4). The van der Waals surface area contributed by atoms with E-state index < -0.39 is 32.9 Å². The Balaban J connectivity index is -0.000000264. The number of hydrogen-bond donors (Lipinski definition) is 8. The molecular weight excluding hydrogens is 314 g/mol. The normalized spacial score (nSPS) is 10.6. The molecule has 0 rings (SSSR count). The van der Waals surface area contributed by atoms with Crippen LogP contribution in [0.2, 0.25) is 0 Å². The molecular formula is C5H14O12P2. The van der Waals surface area contributed by atoms with Crippen molar-refractivity contribution < 1.29 is 58.7 Å². The fraction of sp³-hybridized carbons (Fsp3) is 0.600. The largest absolute Gasteiger partial charge is 0.503 e. The van der Waals surface area contributed by atoms with Crippen molar-refractivity contribution in [3.05, 3.63) is 0 Å². The van der Waals surface area contributed by atoms with E-state index in [-0.39, 0.29) is 6.42 Å². The number of rotatable bonds is 3. The van der Waals surface area contributed by atoms with Crippen LogP contribution in [0.1, 0.15) is 13.3 Å². The molecule has 0 atom stereocenters. The molecule has 14 heteroatoms. The molecule has 0 fully saturated rings. The van der Waals surface area contributed by atoms with Gasteiger partial charge in [-0.2, -0.15) is 0 Å². The second-order valence-corrected chi connectivity index (χ2v) is 6.64. The van der Waals surface area contributed by atoms with E-state index in [0.29, 0.717) is 0 Å². The molecule has 19 heavy (non-hydrogen) atoms. The molecule has 0 aliphatic heterocycles. The lowest BCUT2D eigenvalue weighted by atomic mass is 10.6. The van der Waals surface area contributed by atoms with Gasteiger partial charge in [0, 0.05) is 0 Å². The van der Waals surface area contributed by atoms with Gasteiger partial charge < -0.3 is 40.0 Å². The van der Waals surface area contributed by atoms with Crippen LogP contribution < -0.4 is 0 Å². The lowest BCUT2D eigenvalue weighted by molar-refractivity contribution is 0.135. The fourth-order valence-electron chi connectivity index (χ4n) is 0.672. The lowest BCUT2D eigenvalue weighted by Gasteiger charge is -2.16. The van der Waals surface area contributed by atoms with E-state index in [4.69, 9.17) is 49.6 Å². The third-order valence-corrected chi connectivity index (χ3v) is 5.23. The fourth-order valence-corrected chi connectivity index (χ4v) is 3.19. The van der Waals surface area contributed by atoms with Crippen LogP contribution in [0.25, 0.3) is 0 Å². The molecule has 0 radical (unpaired) electrons. The summed E-state index contributed by atoms with van der Waals surface area (Å²) in [6.07, 6.45) is -3.91. The average molecular weight is 328 g/mol. The van der Waals surface area contributed by atoms with Gasteiger partial charge in [0.2, 0.25) is 0 Å². The molecule has 0 aliphatic carbocycles. The zero-order valence-corrected chi connectivity index (χ0v) is 11.2. The van der Waals surface area contributed by atoms with Gasteiger partial charge in [0.25, 0.3) is 0 Å². The summed E-state index contributed by atoms with van der Waals surface area (Å²) in [7, 11) is -9.32. The highest BCUT2D eigenvalue weighted by molar-refractivity contribution is 7.70. The maximum Gasteiger partial charge on any atom is 0.503 e. The minimum atomic E-state index is -4.66. The highest BCUT2D eigenvalue weighted by Gasteiger charge is 2.41. The third kappa shape index (κ3) is 22.5. The van der Waals surface area contributed by atoms with Crippen molar-refractivity contribution in [2.75, 3.05) is 0 Å². The number of hydrogen-bond acceptors (Lipinski definition) is 4. The Hall–Kier alpha value is -1.16. The average Bonchev–Trinajstić information content (AvgIpc) is 1.95. The molecule has 0 amide bonds. The smallest absolute Gasteiger partial charge is 0.450 e. The maximum absolute atomic E-state index is 10.4. The van der Waals surface area contributed by atoms with Gasteiger partial charge in [-0.25, -0.2) is 9.59 Å². The summed E-state index contributed by atoms with van der Waals surface area (Å²) in [5.41, 5.74) is 0. The van der Waals surface area contributed by atoms with E-state index in [9.17, 15) is 9.13 Å². The van der Waals surface area contributed by atoms with Crippen molar-refractivity contribution in [2.24, 2.45) is 0 Å². The molecule has 0 unspecified atom stereocenters. The summed E-state index contributed by atoms with van der Waals surface area (Å²) >= 11 is 0. The van der Waals surface area contributed by atoms with Gasteiger partial charge in [-0.15, -0.1) is 0 Å². The Morgan fingerprint density at radius 3 is 1.00 bits per heavy atom. The van der Waals surface area contributed by atoms with Crippen LogP contribution in [-0.4, -0.2) is 57.7 Å². The first-order valence-corrected chi connectivity index (χ1v) is 7.46. The monoisotopic (exact) mass is 328 g/mol. The molecule has 8 N–H and O–H groups in total. The van der Waals surface area contributed by atoms with Crippen LogP contribution in [0.4, 0.5) is 9.59 Å². The van der Waals surface area contributed by atoms with E-state index >= 15 is 0 Å². The van der Waals surface area contributed by atoms with Crippen LogP contribution in [0, 0.1) is 0 Å². The molecule has 12 nitrogen and oxygen atoms in total. The zero-order valence-electron chi connectivity index (χ0n) is 9.39. The van der Waals surface area contributed by atoms with Gasteiger partial charge in [-0.05, 0) is 6.42 Å². The molecule has 0 aromatic rings. The van der Waals surface area contributed by atoms with Crippen molar-refractivity contribution in [1.82, 2.24) is 0 Å². The summed E-state index contributed by atoms with van der Waals surface area (Å²) in [6.45, 7) is 1.31. The number of carbonyl (C=O) groups is 2. The SMILES string of the molecule is CCC(P(=O)(O)O)P(=O)(O)O.O=C(O)O.O=C(O)O. The van der Waals surface area contributed by atoms with E-state index in [1.807, 2.05) is 0 Å². The molecule has 0 saturated heterocycles. The summed E-state index contributed by atoms with van der Waals surface area (Å²) in [6, 6.07) is 0. The second kappa shape index (κ2) is 9.73. The Labute approximate surface area is 106 Å². The van der Waals surface area contributed by atoms with Crippen molar-refractivity contribution in [1.29, 1.82) is 0 Å². The van der Waals surface area contributed by atoms with Crippen LogP contribution in [0.3, 0.4) is 0 Å². The Kier molecular flexibility index (Phi) is 11.8. The van der Waals surface area contributed by atoms with E-state index in [0.717, 1.165) is 0 Å². The summed E-state index contributed by atoms with van der Waals surface area (Å²) in [5.74, 6) is 0. The predicted molar refractivity (Wildman–Crippen MR) is 59.5 cm³/mol. The Morgan fingerprint density at radius 1 is 0.842 bits per heavy atom. The topological polar surface area (TPSA) is 230 Å². The van der Waals surface area contributed by atoms with E-state index in [1.54, 1.807) is 0 Å². The first-order chi connectivity index (χ1) is 8.16. The Bertz CT molecular complexity index is 322. The van der Waals surface area contributed by atoms with Gasteiger partial charge >= 0.3 is 27.5 Å². The summed E-state index contributed by atoms with van der Waals surface area (Å²) in [4.78, 5) is 50.8. The van der Waals surface area contributed by atoms with Gasteiger partial charge in [0.05, 0.1) is 0 Å². The van der Waals surface area contributed by atoms with Gasteiger partial charge in [0.1, 0.15) is 0 Å². The lowest BCUT2D eigenvalue weighted by Crippen LogP contribution is -2.07. The molecule has 0 saturated carbocycles. The van der Waals surface area contributed by atoms with Crippen molar-refractivity contribution >= 4 is 27.5 Å². The molecule has 0 aliphatic rings.